The van der Waals surface area contributed by atoms with Crippen molar-refractivity contribution in [2.24, 2.45) is 4.99 Å². The van der Waals surface area contributed by atoms with Gasteiger partial charge in [-0.2, -0.15) is 0 Å². The molecule has 1 aromatic carbocycles. The van der Waals surface area contributed by atoms with E-state index in [2.05, 4.69) is 16.0 Å². The van der Waals surface area contributed by atoms with Crippen molar-refractivity contribution < 1.29 is 9.15 Å². The number of fused-ring (bicyclic) bond motifs is 1. The van der Waals surface area contributed by atoms with Crippen LogP contribution in [0.25, 0.3) is 11.3 Å². The second-order valence-corrected chi connectivity index (χ2v) is 8.34. The molecule has 2 aliphatic heterocycles. The fourth-order valence-electron chi connectivity index (χ4n) is 3.42. The molecule has 5 nitrogen and oxygen atoms in total. The fourth-order valence-corrected chi connectivity index (χ4v) is 4.42. The van der Waals surface area contributed by atoms with E-state index in [0.29, 0.717) is 11.6 Å². The Kier molecular flexibility index (Phi) is 4.93. The van der Waals surface area contributed by atoms with Gasteiger partial charge in [0.25, 0.3) is 0 Å². The zero-order chi connectivity index (χ0) is 18.9. The van der Waals surface area contributed by atoms with E-state index in [9.17, 15) is 0 Å². The summed E-state index contributed by atoms with van der Waals surface area (Å²) in [6, 6.07) is 9.83. The van der Waals surface area contributed by atoms with Crippen LogP contribution in [-0.4, -0.2) is 29.4 Å². The van der Waals surface area contributed by atoms with Crippen molar-refractivity contribution in [3.63, 3.8) is 0 Å². The molecule has 0 aliphatic carbocycles. The average Bonchev–Trinajstić information content (AvgIpc) is 3.37. The lowest BCUT2D eigenvalue weighted by Crippen LogP contribution is -2.14. The Morgan fingerprint density at radius 2 is 1.93 bits per heavy atom. The molecule has 2 aromatic heterocycles. The molecule has 0 unspecified atom stereocenters. The van der Waals surface area contributed by atoms with Crippen molar-refractivity contribution in [3.8, 4) is 11.3 Å². The van der Waals surface area contributed by atoms with Crippen LogP contribution in [0.4, 0.5) is 0 Å². The van der Waals surface area contributed by atoms with Gasteiger partial charge in [0, 0.05) is 52.6 Å². The van der Waals surface area contributed by atoms with E-state index < -0.39 is 0 Å². The summed E-state index contributed by atoms with van der Waals surface area (Å²) in [5, 5.41) is 1.49. The predicted octanol–water partition coefficient (Wildman–Crippen LogP) is 5.37. The normalized spacial score (nSPS) is 16.5. The molecule has 7 heteroatoms. The standard InChI is InChI=1S/C21H18ClN3O2S/c22-16-1-3-17(4-2-16)28-21-19(15-9-14-10-23-12-18(14)24-11-15)25-20(27-21)13-5-7-26-8-6-13/h1-4,9-11,13H,5-8,12H2. The number of benzene rings is 1. The number of pyridine rings is 1. The van der Waals surface area contributed by atoms with Crippen LogP contribution in [0.2, 0.25) is 5.02 Å². The number of hydrogen-bond donors (Lipinski definition) is 0. The monoisotopic (exact) mass is 411 g/mol. The summed E-state index contributed by atoms with van der Waals surface area (Å²) in [5.41, 5.74) is 3.84. The molecular weight excluding hydrogens is 394 g/mol. The van der Waals surface area contributed by atoms with Crippen LogP contribution in [0, 0.1) is 0 Å². The maximum absolute atomic E-state index is 6.26. The number of rotatable bonds is 4. The molecule has 5 rings (SSSR count). The minimum absolute atomic E-state index is 0.288. The Bertz CT molecular complexity index is 1030. The van der Waals surface area contributed by atoms with E-state index >= 15 is 0 Å². The molecule has 0 radical (unpaired) electrons. The molecule has 0 amide bonds. The summed E-state index contributed by atoms with van der Waals surface area (Å²) in [5.74, 6) is 1.07. The molecule has 0 bridgehead atoms. The van der Waals surface area contributed by atoms with E-state index in [-0.39, 0.29) is 5.92 Å². The first kappa shape index (κ1) is 17.9. The number of hydrogen-bond acceptors (Lipinski definition) is 6. The fraction of sp³-hybridized carbons (Fsp3) is 0.286. The lowest BCUT2D eigenvalue weighted by Gasteiger charge is -2.18. The zero-order valence-corrected chi connectivity index (χ0v) is 16.7. The molecule has 0 saturated carbocycles. The van der Waals surface area contributed by atoms with Crippen LogP contribution >= 0.6 is 23.4 Å². The molecule has 0 atom stereocenters. The SMILES string of the molecule is Clc1ccc(Sc2oc(C3CCOCC3)nc2-c2cnc3c(c2)C=NC3)cc1. The zero-order valence-electron chi connectivity index (χ0n) is 15.1. The Balaban J connectivity index is 1.54. The van der Waals surface area contributed by atoms with Crippen molar-refractivity contribution in [2.75, 3.05) is 13.2 Å². The third-order valence-corrected chi connectivity index (χ3v) is 6.18. The van der Waals surface area contributed by atoms with Gasteiger partial charge in [-0.25, -0.2) is 4.98 Å². The van der Waals surface area contributed by atoms with E-state index in [1.54, 1.807) is 11.8 Å². The van der Waals surface area contributed by atoms with Crippen LogP contribution in [0.3, 0.4) is 0 Å². The lowest BCUT2D eigenvalue weighted by molar-refractivity contribution is 0.0786. The second kappa shape index (κ2) is 7.70. The van der Waals surface area contributed by atoms with E-state index in [4.69, 9.17) is 25.7 Å². The summed E-state index contributed by atoms with van der Waals surface area (Å²) in [6.45, 7) is 2.14. The quantitative estimate of drug-likeness (QED) is 0.577. The number of aliphatic imine (C=N–C) groups is 1. The molecule has 0 spiro atoms. The Hall–Kier alpha value is -2.15. The molecule has 4 heterocycles. The summed E-state index contributed by atoms with van der Waals surface area (Å²) in [4.78, 5) is 14.8. The van der Waals surface area contributed by atoms with Crippen molar-refractivity contribution in [3.05, 3.63) is 58.7 Å². The van der Waals surface area contributed by atoms with Gasteiger partial charge in [0.15, 0.2) is 11.0 Å². The molecule has 1 fully saturated rings. The van der Waals surface area contributed by atoms with Crippen molar-refractivity contribution in [2.45, 2.75) is 35.3 Å². The predicted molar refractivity (Wildman–Crippen MR) is 109 cm³/mol. The maximum Gasteiger partial charge on any atom is 0.199 e. The highest BCUT2D eigenvalue weighted by Gasteiger charge is 2.25. The third kappa shape index (κ3) is 3.60. The minimum atomic E-state index is 0.288. The molecule has 28 heavy (non-hydrogen) atoms. The lowest BCUT2D eigenvalue weighted by atomic mass is 10.0. The highest BCUT2D eigenvalue weighted by Crippen LogP contribution is 2.40. The summed E-state index contributed by atoms with van der Waals surface area (Å²) < 4.78 is 11.8. The van der Waals surface area contributed by atoms with Gasteiger partial charge in [-0.1, -0.05) is 11.6 Å². The molecular formula is C21H18ClN3O2S. The topological polar surface area (TPSA) is 60.5 Å². The van der Waals surface area contributed by atoms with Gasteiger partial charge in [0.2, 0.25) is 0 Å². The molecule has 1 saturated heterocycles. The van der Waals surface area contributed by atoms with Gasteiger partial charge in [-0.05, 0) is 54.9 Å². The highest BCUT2D eigenvalue weighted by molar-refractivity contribution is 7.99. The van der Waals surface area contributed by atoms with Gasteiger partial charge in [-0.3, -0.25) is 9.98 Å². The van der Waals surface area contributed by atoms with Crippen LogP contribution in [0.5, 0.6) is 0 Å². The van der Waals surface area contributed by atoms with Gasteiger partial charge >= 0.3 is 0 Å². The van der Waals surface area contributed by atoms with Crippen LogP contribution in [0.15, 0.2) is 55.9 Å². The first-order valence-electron chi connectivity index (χ1n) is 9.27. The number of ether oxygens (including phenoxy) is 1. The maximum atomic E-state index is 6.26. The minimum Gasteiger partial charge on any atom is -0.433 e. The van der Waals surface area contributed by atoms with E-state index in [1.807, 2.05) is 36.7 Å². The highest BCUT2D eigenvalue weighted by atomic mass is 35.5. The molecule has 2 aliphatic rings. The van der Waals surface area contributed by atoms with E-state index in [1.165, 1.54) is 0 Å². The van der Waals surface area contributed by atoms with Gasteiger partial charge in [0.05, 0.1) is 12.2 Å². The summed E-state index contributed by atoms with van der Waals surface area (Å²) >= 11 is 7.58. The van der Waals surface area contributed by atoms with Crippen LogP contribution < -0.4 is 0 Å². The summed E-state index contributed by atoms with van der Waals surface area (Å²) in [7, 11) is 0. The third-order valence-electron chi connectivity index (χ3n) is 4.96. The van der Waals surface area contributed by atoms with Crippen LogP contribution in [0.1, 0.15) is 35.9 Å². The van der Waals surface area contributed by atoms with Gasteiger partial charge < -0.3 is 9.15 Å². The van der Waals surface area contributed by atoms with E-state index in [0.717, 1.165) is 64.4 Å². The Morgan fingerprint density at radius 1 is 1.11 bits per heavy atom. The number of oxazole rings is 1. The first-order valence-corrected chi connectivity index (χ1v) is 10.5. The number of aromatic nitrogens is 2. The smallest absolute Gasteiger partial charge is 0.199 e. The molecule has 3 aromatic rings. The van der Waals surface area contributed by atoms with Crippen molar-refractivity contribution in [1.29, 1.82) is 0 Å². The number of halogens is 1. The van der Waals surface area contributed by atoms with Crippen molar-refractivity contribution >= 4 is 29.6 Å². The Morgan fingerprint density at radius 3 is 2.75 bits per heavy atom. The summed E-state index contributed by atoms with van der Waals surface area (Å²) in [6.07, 6.45) is 5.60. The van der Waals surface area contributed by atoms with Crippen molar-refractivity contribution in [1.82, 2.24) is 9.97 Å². The first-order chi connectivity index (χ1) is 13.8. The number of nitrogens with zero attached hydrogens (tertiary/aromatic N) is 3. The largest absolute Gasteiger partial charge is 0.433 e. The van der Waals surface area contributed by atoms with Crippen LogP contribution in [-0.2, 0) is 11.3 Å². The van der Waals surface area contributed by atoms with Gasteiger partial charge in [0.1, 0.15) is 5.69 Å². The molecule has 0 N–H and O–H groups in total. The average molecular weight is 412 g/mol. The Labute approximate surface area is 172 Å². The molecule has 142 valence electrons. The second-order valence-electron chi connectivity index (χ2n) is 6.86. The van der Waals surface area contributed by atoms with Gasteiger partial charge in [-0.15, -0.1) is 0 Å².